The Balaban J connectivity index is 1.61. The maximum atomic E-state index is 12.3. The van der Waals surface area contributed by atoms with Gasteiger partial charge in [-0.3, -0.25) is 4.79 Å². The van der Waals surface area contributed by atoms with Gasteiger partial charge < -0.3 is 14.8 Å². The fourth-order valence-electron chi connectivity index (χ4n) is 2.40. The van der Waals surface area contributed by atoms with Gasteiger partial charge in [0.25, 0.3) is 5.91 Å². The normalized spacial score (nSPS) is 16.4. The highest BCUT2D eigenvalue weighted by Crippen LogP contribution is 2.22. The van der Waals surface area contributed by atoms with Gasteiger partial charge in [0.2, 0.25) is 5.88 Å². The lowest BCUT2D eigenvalue weighted by Gasteiger charge is -2.23. The second-order valence-electron chi connectivity index (χ2n) is 5.53. The zero-order valence-corrected chi connectivity index (χ0v) is 13.2. The van der Waals surface area contributed by atoms with Gasteiger partial charge in [0.15, 0.2) is 12.7 Å². The number of rotatable bonds is 4. The van der Waals surface area contributed by atoms with Crippen LogP contribution in [0, 0.1) is 0 Å². The van der Waals surface area contributed by atoms with E-state index in [0.29, 0.717) is 11.1 Å². The smallest absolute Gasteiger partial charge is 0.422 e. The van der Waals surface area contributed by atoms with Crippen LogP contribution in [0.2, 0.25) is 0 Å². The number of hydrogen-bond acceptors (Lipinski definition) is 5. The maximum absolute atomic E-state index is 12.3. The van der Waals surface area contributed by atoms with E-state index in [0.717, 1.165) is 6.20 Å². The Morgan fingerprint density at radius 1 is 1.27 bits per heavy atom. The van der Waals surface area contributed by atoms with Crippen molar-refractivity contribution in [2.45, 2.75) is 18.7 Å². The highest BCUT2D eigenvalue weighted by atomic mass is 19.4. The predicted molar refractivity (Wildman–Crippen MR) is 83.8 cm³/mol. The molecule has 1 aromatic heterocycles. The van der Waals surface area contributed by atoms with E-state index in [2.05, 4.69) is 15.0 Å². The van der Waals surface area contributed by atoms with E-state index >= 15 is 0 Å². The zero-order chi connectivity index (χ0) is 18.7. The van der Waals surface area contributed by atoms with Gasteiger partial charge in [0.05, 0.1) is 17.4 Å². The Morgan fingerprint density at radius 3 is 2.73 bits per heavy atom. The second kappa shape index (κ2) is 7.03. The first-order chi connectivity index (χ1) is 12.3. The molecule has 1 aliphatic heterocycles. The van der Waals surface area contributed by atoms with Crippen LogP contribution >= 0.6 is 0 Å². The quantitative estimate of drug-likeness (QED) is 0.842. The molecule has 136 valence electrons. The number of amides is 1. The topological polar surface area (TPSA) is 77.5 Å². The number of alkyl halides is 3. The van der Waals surface area contributed by atoms with Crippen molar-refractivity contribution < 1.29 is 32.2 Å². The summed E-state index contributed by atoms with van der Waals surface area (Å²) in [6.07, 6.45) is -4.08. The van der Waals surface area contributed by atoms with Crippen molar-refractivity contribution >= 4 is 17.6 Å². The number of halogens is 3. The number of hydrogen-bond donors (Lipinski definition) is 1. The number of esters is 1. The molecule has 9 heteroatoms. The molecule has 0 saturated carbocycles. The van der Waals surface area contributed by atoms with Gasteiger partial charge in [0, 0.05) is 12.5 Å². The summed E-state index contributed by atoms with van der Waals surface area (Å²) in [5.74, 6) is -1.36. The molecule has 0 bridgehead atoms. The molecule has 3 rings (SSSR count). The first-order valence-corrected chi connectivity index (χ1v) is 7.57. The van der Waals surface area contributed by atoms with Crippen LogP contribution in [0.5, 0.6) is 5.88 Å². The Morgan fingerprint density at radius 2 is 2.04 bits per heavy atom. The average Bonchev–Trinajstić information content (AvgIpc) is 2.60. The number of fused-ring (bicyclic) bond motifs is 1. The molecule has 0 aliphatic carbocycles. The molecule has 2 heterocycles. The minimum atomic E-state index is -4.46. The molecule has 1 aliphatic rings. The molecule has 6 nitrogen and oxygen atoms in total. The summed E-state index contributed by atoms with van der Waals surface area (Å²) in [7, 11) is 0. The lowest BCUT2D eigenvalue weighted by molar-refractivity contribution is -0.154. The van der Waals surface area contributed by atoms with Gasteiger partial charge in [-0.2, -0.15) is 13.2 Å². The van der Waals surface area contributed by atoms with Crippen LogP contribution in [0.1, 0.15) is 15.9 Å². The van der Waals surface area contributed by atoms with Crippen LogP contribution in [-0.2, 0) is 16.0 Å². The van der Waals surface area contributed by atoms with Crippen molar-refractivity contribution in [1.82, 2.24) is 4.98 Å². The van der Waals surface area contributed by atoms with E-state index in [9.17, 15) is 22.8 Å². The van der Waals surface area contributed by atoms with Gasteiger partial charge in [-0.1, -0.05) is 18.2 Å². The SMILES string of the molecule is O=C1OC(C(=O)Nc2ccc(OCC(F)(F)F)nc2)Cc2ccccc21. The Hall–Kier alpha value is -3.10. The molecular formula is C17H13F3N2O4. The van der Waals surface area contributed by atoms with Crippen molar-refractivity contribution in [3.63, 3.8) is 0 Å². The van der Waals surface area contributed by atoms with E-state index in [-0.39, 0.29) is 18.0 Å². The van der Waals surface area contributed by atoms with E-state index in [1.165, 1.54) is 12.1 Å². The highest BCUT2D eigenvalue weighted by Gasteiger charge is 2.31. The largest absolute Gasteiger partial charge is 0.468 e. The second-order valence-corrected chi connectivity index (χ2v) is 5.53. The lowest BCUT2D eigenvalue weighted by Crippen LogP contribution is -2.37. The number of anilines is 1. The first-order valence-electron chi connectivity index (χ1n) is 7.57. The summed E-state index contributed by atoms with van der Waals surface area (Å²) < 4.78 is 45.9. The van der Waals surface area contributed by atoms with E-state index in [1.54, 1.807) is 24.3 Å². The molecule has 0 fully saturated rings. The summed E-state index contributed by atoms with van der Waals surface area (Å²) >= 11 is 0. The van der Waals surface area contributed by atoms with Crippen molar-refractivity contribution in [1.29, 1.82) is 0 Å². The van der Waals surface area contributed by atoms with Gasteiger partial charge in [-0.25, -0.2) is 9.78 Å². The Bertz CT molecular complexity index is 822. The Labute approximate surface area is 145 Å². The fourth-order valence-corrected chi connectivity index (χ4v) is 2.40. The third-order valence-corrected chi connectivity index (χ3v) is 3.57. The van der Waals surface area contributed by atoms with Crippen LogP contribution in [0.3, 0.4) is 0 Å². The number of ether oxygens (including phenoxy) is 2. The summed E-state index contributed by atoms with van der Waals surface area (Å²) in [5.41, 5.74) is 1.37. The molecule has 2 aromatic rings. The fraction of sp³-hybridized carbons (Fsp3) is 0.235. The number of nitrogens with one attached hydrogen (secondary N) is 1. The molecule has 1 aromatic carbocycles. The predicted octanol–water partition coefficient (Wildman–Crippen LogP) is 2.74. The third-order valence-electron chi connectivity index (χ3n) is 3.57. The van der Waals surface area contributed by atoms with Crippen molar-refractivity contribution in [3.8, 4) is 5.88 Å². The Kier molecular flexibility index (Phi) is 4.79. The molecule has 0 radical (unpaired) electrons. The van der Waals surface area contributed by atoms with Crippen LogP contribution in [0.4, 0.5) is 18.9 Å². The molecular weight excluding hydrogens is 353 g/mol. The molecule has 0 spiro atoms. The monoisotopic (exact) mass is 366 g/mol. The van der Waals surface area contributed by atoms with Gasteiger partial charge >= 0.3 is 12.1 Å². The average molecular weight is 366 g/mol. The number of cyclic esters (lactones) is 1. The van der Waals surface area contributed by atoms with Crippen LogP contribution in [0.15, 0.2) is 42.6 Å². The molecule has 1 atom stereocenters. The van der Waals surface area contributed by atoms with Gasteiger partial charge in [0.1, 0.15) is 0 Å². The van der Waals surface area contributed by atoms with Crippen LogP contribution in [0.25, 0.3) is 0 Å². The number of nitrogens with zero attached hydrogens (tertiary/aromatic N) is 1. The number of carbonyl (C=O) groups is 2. The lowest BCUT2D eigenvalue weighted by atomic mass is 9.98. The van der Waals surface area contributed by atoms with Crippen LogP contribution < -0.4 is 10.1 Å². The number of carbonyl (C=O) groups excluding carboxylic acids is 2. The van der Waals surface area contributed by atoms with Crippen LogP contribution in [-0.4, -0.2) is 35.7 Å². The molecule has 1 amide bonds. The molecule has 1 unspecified atom stereocenters. The summed E-state index contributed by atoms with van der Waals surface area (Å²) in [4.78, 5) is 27.9. The van der Waals surface area contributed by atoms with Gasteiger partial charge in [-0.05, 0) is 17.7 Å². The van der Waals surface area contributed by atoms with E-state index in [1.807, 2.05) is 0 Å². The third kappa shape index (κ3) is 4.29. The first kappa shape index (κ1) is 17.7. The van der Waals surface area contributed by atoms with Crippen molar-refractivity contribution in [2.75, 3.05) is 11.9 Å². The summed E-state index contributed by atoms with van der Waals surface area (Å²) in [6, 6.07) is 9.36. The number of benzene rings is 1. The van der Waals surface area contributed by atoms with Crippen molar-refractivity contribution in [2.24, 2.45) is 0 Å². The molecule has 1 N–H and O–H groups in total. The minimum absolute atomic E-state index is 0.224. The summed E-state index contributed by atoms with van der Waals surface area (Å²) in [5, 5.41) is 2.51. The zero-order valence-electron chi connectivity index (χ0n) is 13.2. The summed E-state index contributed by atoms with van der Waals surface area (Å²) in [6.45, 7) is -1.46. The van der Waals surface area contributed by atoms with Crippen molar-refractivity contribution in [3.05, 3.63) is 53.7 Å². The minimum Gasteiger partial charge on any atom is -0.468 e. The molecule has 26 heavy (non-hydrogen) atoms. The van der Waals surface area contributed by atoms with Gasteiger partial charge in [-0.15, -0.1) is 0 Å². The maximum Gasteiger partial charge on any atom is 0.422 e. The van der Waals surface area contributed by atoms with E-state index < -0.39 is 30.8 Å². The number of pyridine rings is 1. The molecule has 0 saturated heterocycles. The van der Waals surface area contributed by atoms with E-state index in [4.69, 9.17) is 4.74 Å². The number of aromatic nitrogens is 1. The standard InChI is InChI=1S/C17H13F3N2O4/c18-17(19,20)9-25-14-6-5-11(8-21-14)22-15(23)13-7-10-3-1-2-4-12(10)16(24)26-13/h1-6,8,13H,7,9H2,(H,22,23). The highest BCUT2D eigenvalue weighted by molar-refractivity contribution is 5.99.